The van der Waals surface area contributed by atoms with Gasteiger partial charge in [-0.15, -0.1) is 37.2 Å². The molecule has 0 aliphatic heterocycles. The number of nitrogens with zero attached hydrogens (tertiary/aromatic N) is 2. The molecule has 0 amide bonds. The molecule has 0 atom stereocenters. The maximum Gasteiger partial charge on any atom is 0.165 e. The highest BCUT2D eigenvalue weighted by Gasteiger charge is 2.22. The van der Waals surface area contributed by atoms with Crippen LogP contribution >= 0.6 is 49.0 Å². The SMILES string of the molecule is Cc1ccc(-c2c(CSc3ncc[nH]3)c(C)nc(CC(C)(C)C)c2CN)cc1.Cl.Cl.Cl. The first-order valence-corrected chi connectivity index (χ1v) is 10.7. The molecule has 8 heteroatoms. The molecule has 4 nitrogen and oxygen atoms in total. The summed E-state index contributed by atoms with van der Waals surface area (Å²) in [5.74, 6) is 0.804. The smallest absolute Gasteiger partial charge is 0.165 e. The first-order valence-electron chi connectivity index (χ1n) is 9.69. The van der Waals surface area contributed by atoms with Crippen LogP contribution in [0, 0.1) is 19.3 Å². The van der Waals surface area contributed by atoms with E-state index in [-0.39, 0.29) is 42.6 Å². The van der Waals surface area contributed by atoms with Crippen LogP contribution in [0.15, 0.2) is 41.8 Å². The summed E-state index contributed by atoms with van der Waals surface area (Å²) in [5.41, 5.74) is 14.7. The fourth-order valence-corrected chi connectivity index (χ4v) is 4.35. The molecule has 2 heterocycles. The van der Waals surface area contributed by atoms with Gasteiger partial charge in [0.25, 0.3) is 0 Å². The van der Waals surface area contributed by atoms with E-state index in [1.54, 1.807) is 18.0 Å². The Morgan fingerprint density at radius 1 is 1.00 bits per heavy atom. The van der Waals surface area contributed by atoms with E-state index in [0.717, 1.165) is 28.7 Å². The van der Waals surface area contributed by atoms with E-state index in [2.05, 4.69) is 68.9 Å². The third-order valence-corrected chi connectivity index (χ3v) is 5.69. The third-order valence-electron chi connectivity index (χ3n) is 4.76. The van der Waals surface area contributed by atoms with Gasteiger partial charge in [0.05, 0.1) is 0 Å². The van der Waals surface area contributed by atoms with Crippen molar-refractivity contribution in [3.05, 3.63) is 64.7 Å². The van der Waals surface area contributed by atoms with E-state index < -0.39 is 0 Å². The number of halogens is 3. The average molecular weight is 504 g/mol. The van der Waals surface area contributed by atoms with Crippen LogP contribution in [-0.4, -0.2) is 15.0 Å². The van der Waals surface area contributed by atoms with Gasteiger partial charge in [0.15, 0.2) is 5.16 Å². The fraction of sp³-hybridized carbons (Fsp3) is 0.391. The van der Waals surface area contributed by atoms with E-state index in [1.807, 2.05) is 6.20 Å². The van der Waals surface area contributed by atoms with E-state index in [4.69, 9.17) is 10.7 Å². The van der Waals surface area contributed by atoms with Crippen molar-refractivity contribution in [1.82, 2.24) is 15.0 Å². The van der Waals surface area contributed by atoms with Crippen molar-refractivity contribution in [3.8, 4) is 11.1 Å². The number of rotatable bonds is 6. The van der Waals surface area contributed by atoms with Gasteiger partial charge in [-0.2, -0.15) is 0 Å². The van der Waals surface area contributed by atoms with Crippen molar-refractivity contribution in [2.24, 2.45) is 11.1 Å². The monoisotopic (exact) mass is 502 g/mol. The molecule has 1 aromatic carbocycles. The quantitative estimate of drug-likeness (QED) is 0.367. The number of imidazole rings is 1. The molecule has 3 rings (SSSR count). The summed E-state index contributed by atoms with van der Waals surface area (Å²) in [7, 11) is 0. The van der Waals surface area contributed by atoms with Crippen LogP contribution in [0.2, 0.25) is 0 Å². The fourth-order valence-electron chi connectivity index (χ4n) is 3.43. The van der Waals surface area contributed by atoms with Gasteiger partial charge in [-0.1, -0.05) is 62.4 Å². The molecule has 0 spiro atoms. The second-order valence-corrected chi connectivity index (χ2v) is 9.43. The summed E-state index contributed by atoms with van der Waals surface area (Å²) in [5, 5.41) is 0.919. The second-order valence-electron chi connectivity index (χ2n) is 8.47. The van der Waals surface area contributed by atoms with Gasteiger partial charge in [-0.05, 0) is 47.9 Å². The number of aromatic amines is 1. The van der Waals surface area contributed by atoms with E-state index in [9.17, 15) is 0 Å². The molecule has 0 bridgehead atoms. The van der Waals surface area contributed by atoms with Gasteiger partial charge < -0.3 is 10.7 Å². The van der Waals surface area contributed by atoms with Crippen molar-refractivity contribution >= 4 is 49.0 Å². The minimum absolute atomic E-state index is 0. The molecule has 31 heavy (non-hydrogen) atoms. The molecule has 0 aliphatic rings. The topological polar surface area (TPSA) is 67.6 Å². The molecule has 0 saturated carbocycles. The standard InChI is InChI=1S/C23H30N4S.3ClH/c1-15-6-8-17(9-7-15)21-18(13-24)20(12-23(3,4)5)27-16(2)19(21)14-28-22-25-10-11-26-22;;;/h6-11H,12-14,24H2,1-5H3,(H,25,26);3*1H. The zero-order valence-corrected chi connectivity index (χ0v) is 22.0. The summed E-state index contributed by atoms with van der Waals surface area (Å²) in [6, 6.07) is 8.73. The Labute approximate surface area is 208 Å². The Kier molecular flexibility index (Phi) is 12.2. The summed E-state index contributed by atoms with van der Waals surface area (Å²) in [4.78, 5) is 12.5. The highest BCUT2D eigenvalue weighted by molar-refractivity contribution is 7.98. The zero-order chi connectivity index (χ0) is 20.3. The number of thioether (sulfide) groups is 1. The van der Waals surface area contributed by atoms with Gasteiger partial charge in [-0.25, -0.2) is 4.98 Å². The second kappa shape index (κ2) is 12.7. The molecule has 2 aromatic heterocycles. The Morgan fingerprint density at radius 3 is 2.16 bits per heavy atom. The Balaban J connectivity index is 0.00000300. The van der Waals surface area contributed by atoms with Gasteiger partial charge in [0, 0.05) is 36.1 Å². The lowest BCUT2D eigenvalue weighted by Crippen LogP contribution is -2.17. The number of H-pyrrole nitrogens is 1. The minimum atomic E-state index is 0. The molecular formula is C23H33Cl3N4S. The molecule has 0 fully saturated rings. The maximum atomic E-state index is 6.28. The first kappa shape index (κ1) is 29.8. The normalized spacial score (nSPS) is 10.6. The van der Waals surface area contributed by atoms with E-state index in [1.165, 1.54) is 27.8 Å². The van der Waals surface area contributed by atoms with Crippen LogP contribution in [0.25, 0.3) is 11.1 Å². The molecule has 172 valence electrons. The van der Waals surface area contributed by atoms with Crippen molar-refractivity contribution < 1.29 is 0 Å². The highest BCUT2D eigenvalue weighted by atomic mass is 35.5. The number of aromatic nitrogens is 3. The number of benzene rings is 1. The number of hydrogen-bond donors (Lipinski definition) is 2. The van der Waals surface area contributed by atoms with E-state index >= 15 is 0 Å². The summed E-state index contributed by atoms with van der Waals surface area (Å²) >= 11 is 1.70. The Hall–Kier alpha value is -1.24. The largest absolute Gasteiger partial charge is 0.340 e. The van der Waals surface area contributed by atoms with Crippen LogP contribution in [0.3, 0.4) is 0 Å². The van der Waals surface area contributed by atoms with Gasteiger partial charge in [0.2, 0.25) is 0 Å². The molecule has 0 unspecified atom stereocenters. The van der Waals surface area contributed by atoms with Crippen LogP contribution in [0.5, 0.6) is 0 Å². The minimum Gasteiger partial charge on any atom is -0.340 e. The van der Waals surface area contributed by atoms with Crippen molar-refractivity contribution in [1.29, 1.82) is 0 Å². The average Bonchev–Trinajstić information content (AvgIpc) is 3.13. The predicted octanol–water partition coefficient (Wildman–Crippen LogP) is 6.69. The molecule has 3 N–H and O–H groups in total. The van der Waals surface area contributed by atoms with Crippen LogP contribution in [0.1, 0.15) is 48.8 Å². The van der Waals surface area contributed by atoms with Crippen molar-refractivity contribution in [2.45, 2.75) is 58.5 Å². The summed E-state index contributed by atoms with van der Waals surface area (Å²) < 4.78 is 0. The number of pyridine rings is 1. The number of nitrogens with two attached hydrogens (primary N) is 1. The first-order chi connectivity index (χ1) is 13.3. The van der Waals surface area contributed by atoms with Crippen molar-refractivity contribution in [2.75, 3.05) is 0 Å². The lowest BCUT2D eigenvalue weighted by atomic mass is 9.85. The molecule has 0 radical (unpaired) electrons. The van der Waals surface area contributed by atoms with Crippen LogP contribution in [-0.2, 0) is 18.7 Å². The lowest BCUT2D eigenvalue weighted by Gasteiger charge is -2.24. The third kappa shape index (κ3) is 7.69. The summed E-state index contributed by atoms with van der Waals surface area (Å²) in [6.45, 7) is 11.5. The Morgan fingerprint density at radius 2 is 1.65 bits per heavy atom. The Bertz CT molecular complexity index is 937. The summed E-state index contributed by atoms with van der Waals surface area (Å²) in [6.07, 6.45) is 4.54. The zero-order valence-electron chi connectivity index (χ0n) is 18.7. The van der Waals surface area contributed by atoms with Gasteiger partial charge in [0.1, 0.15) is 0 Å². The van der Waals surface area contributed by atoms with Crippen molar-refractivity contribution in [3.63, 3.8) is 0 Å². The lowest BCUT2D eigenvalue weighted by molar-refractivity contribution is 0.404. The van der Waals surface area contributed by atoms with Gasteiger partial charge in [-0.3, -0.25) is 4.98 Å². The molecule has 0 saturated heterocycles. The van der Waals surface area contributed by atoms with Crippen LogP contribution in [0.4, 0.5) is 0 Å². The number of aryl methyl sites for hydroxylation is 2. The van der Waals surface area contributed by atoms with E-state index in [0.29, 0.717) is 6.54 Å². The number of nitrogens with one attached hydrogen (secondary N) is 1. The molecular weight excluding hydrogens is 471 g/mol. The molecule has 3 aromatic rings. The van der Waals surface area contributed by atoms with Crippen LogP contribution < -0.4 is 5.73 Å². The highest BCUT2D eigenvalue weighted by Crippen LogP contribution is 2.36. The number of hydrogen-bond acceptors (Lipinski definition) is 4. The van der Waals surface area contributed by atoms with Gasteiger partial charge >= 0.3 is 0 Å². The predicted molar refractivity (Wildman–Crippen MR) is 140 cm³/mol. The maximum absolute atomic E-state index is 6.28. The molecule has 0 aliphatic carbocycles.